The van der Waals surface area contributed by atoms with Gasteiger partial charge in [-0.25, -0.2) is 9.18 Å². The predicted molar refractivity (Wildman–Crippen MR) is 79.3 cm³/mol. The summed E-state index contributed by atoms with van der Waals surface area (Å²) in [4.78, 5) is 12.6. The molecule has 108 valence electrons. The third-order valence-electron chi connectivity index (χ3n) is 3.46. The normalized spacial score (nSPS) is 12.1. The van der Waals surface area contributed by atoms with E-state index in [9.17, 15) is 9.18 Å². The number of methoxy groups -OCH3 is 1. The van der Waals surface area contributed by atoms with Gasteiger partial charge in [-0.3, -0.25) is 0 Å². The summed E-state index contributed by atoms with van der Waals surface area (Å²) in [6.45, 7) is 0.406. The highest BCUT2D eigenvalue weighted by atomic mass is 32.2. The molecule has 0 atom stereocenters. The maximum absolute atomic E-state index is 14.1. The van der Waals surface area contributed by atoms with Crippen LogP contribution in [0.3, 0.4) is 0 Å². The van der Waals surface area contributed by atoms with Gasteiger partial charge in [0.25, 0.3) is 0 Å². The number of halogens is 1. The maximum atomic E-state index is 14.1. The van der Waals surface area contributed by atoms with E-state index in [1.807, 2.05) is 24.5 Å². The molecule has 0 aromatic heterocycles. The van der Waals surface area contributed by atoms with Crippen LogP contribution in [-0.2, 0) is 11.3 Å². The number of hydrogen-bond donors (Lipinski definition) is 0. The van der Waals surface area contributed by atoms with Crippen molar-refractivity contribution in [1.82, 2.24) is 0 Å². The zero-order valence-corrected chi connectivity index (χ0v) is 12.4. The van der Waals surface area contributed by atoms with Crippen LogP contribution in [0.1, 0.15) is 15.9 Å². The molecule has 1 aliphatic rings. The molecule has 21 heavy (non-hydrogen) atoms. The van der Waals surface area contributed by atoms with Crippen LogP contribution in [0.4, 0.5) is 4.39 Å². The van der Waals surface area contributed by atoms with Crippen LogP contribution < -0.4 is 4.74 Å². The lowest BCUT2D eigenvalue weighted by molar-refractivity contribution is 0.0595. The Kier molecular flexibility index (Phi) is 3.59. The van der Waals surface area contributed by atoms with Crippen LogP contribution >= 0.6 is 11.8 Å². The molecular formula is C16H13FO3S. The largest absolute Gasteiger partial charge is 0.488 e. The Morgan fingerprint density at radius 3 is 2.81 bits per heavy atom. The highest BCUT2D eigenvalue weighted by molar-refractivity contribution is 7.98. The summed E-state index contributed by atoms with van der Waals surface area (Å²) in [5.74, 6) is -0.809. The minimum Gasteiger partial charge on any atom is -0.488 e. The van der Waals surface area contributed by atoms with E-state index in [2.05, 4.69) is 4.74 Å². The molecule has 0 radical (unpaired) electrons. The molecule has 1 aliphatic heterocycles. The molecule has 0 fully saturated rings. The Balaban J connectivity index is 2.16. The molecule has 3 rings (SSSR count). The molecule has 0 saturated carbocycles. The van der Waals surface area contributed by atoms with E-state index in [0.29, 0.717) is 17.9 Å². The van der Waals surface area contributed by atoms with Gasteiger partial charge in [-0.2, -0.15) is 0 Å². The highest BCUT2D eigenvalue weighted by Gasteiger charge is 2.23. The first-order valence-electron chi connectivity index (χ1n) is 6.36. The maximum Gasteiger partial charge on any atom is 0.340 e. The quantitative estimate of drug-likeness (QED) is 0.623. The summed E-state index contributed by atoms with van der Waals surface area (Å²) < 4.78 is 24.3. The van der Waals surface area contributed by atoms with Crippen molar-refractivity contribution in [3.05, 3.63) is 47.3 Å². The van der Waals surface area contributed by atoms with E-state index in [1.54, 1.807) is 11.8 Å². The van der Waals surface area contributed by atoms with E-state index in [1.165, 1.54) is 19.2 Å². The van der Waals surface area contributed by atoms with Gasteiger partial charge in [-0.15, -0.1) is 11.8 Å². The fraction of sp³-hybridized carbons (Fsp3) is 0.188. The molecule has 1 heterocycles. The molecule has 0 bridgehead atoms. The third kappa shape index (κ3) is 2.38. The van der Waals surface area contributed by atoms with Crippen LogP contribution in [0.25, 0.3) is 11.1 Å². The van der Waals surface area contributed by atoms with E-state index in [-0.39, 0.29) is 5.56 Å². The standard InChI is InChI=1S/C16H13FO3S/c1-19-16(18)13-7-15-12(6-14(13)17)11-5-10(21-2)4-3-9(11)8-20-15/h3-7H,8H2,1-2H3. The molecular weight excluding hydrogens is 291 g/mol. The molecule has 0 saturated heterocycles. The number of hydrogen-bond acceptors (Lipinski definition) is 4. The summed E-state index contributed by atoms with van der Waals surface area (Å²) in [5.41, 5.74) is 2.50. The number of fused-ring (bicyclic) bond motifs is 3. The molecule has 0 N–H and O–H groups in total. The average molecular weight is 304 g/mol. The summed E-state index contributed by atoms with van der Waals surface area (Å²) >= 11 is 1.62. The molecule has 0 aliphatic carbocycles. The monoisotopic (exact) mass is 304 g/mol. The minimum atomic E-state index is -0.706. The molecule has 0 spiro atoms. The van der Waals surface area contributed by atoms with Crippen molar-refractivity contribution in [2.45, 2.75) is 11.5 Å². The van der Waals surface area contributed by atoms with Crippen LogP contribution in [0.15, 0.2) is 35.2 Å². The van der Waals surface area contributed by atoms with Gasteiger partial charge >= 0.3 is 5.97 Å². The lowest BCUT2D eigenvalue weighted by Gasteiger charge is -2.22. The molecule has 2 aromatic rings. The average Bonchev–Trinajstić information content (AvgIpc) is 2.53. The SMILES string of the molecule is COC(=O)c1cc2c(cc1F)-c1cc(SC)ccc1CO2. The summed E-state index contributed by atoms with van der Waals surface area (Å²) in [6.07, 6.45) is 1.99. The number of thioether (sulfide) groups is 1. The number of benzene rings is 2. The Hall–Kier alpha value is -2.01. The number of ether oxygens (including phenoxy) is 2. The Morgan fingerprint density at radius 1 is 1.29 bits per heavy atom. The second-order valence-electron chi connectivity index (χ2n) is 4.63. The summed E-state index contributed by atoms with van der Waals surface area (Å²) in [6, 6.07) is 8.75. The number of carbonyl (C=O) groups excluding carboxylic acids is 1. The summed E-state index contributed by atoms with van der Waals surface area (Å²) in [7, 11) is 1.22. The van der Waals surface area contributed by atoms with Gasteiger partial charge in [0.1, 0.15) is 18.2 Å². The fourth-order valence-electron chi connectivity index (χ4n) is 2.36. The van der Waals surface area contributed by atoms with E-state index < -0.39 is 11.8 Å². The van der Waals surface area contributed by atoms with Crippen molar-refractivity contribution in [3.8, 4) is 16.9 Å². The number of esters is 1. The highest BCUT2D eigenvalue weighted by Crippen LogP contribution is 2.40. The van der Waals surface area contributed by atoms with Gasteiger partial charge in [0.15, 0.2) is 0 Å². The van der Waals surface area contributed by atoms with Crippen molar-refractivity contribution < 1.29 is 18.7 Å². The third-order valence-corrected chi connectivity index (χ3v) is 4.19. The van der Waals surface area contributed by atoms with Crippen molar-refractivity contribution >= 4 is 17.7 Å². The fourth-order valence-corrected chi connectivity index (χ4v) is 2.80. The predicted octanol–water partition coefficient (Wildman–Crippen LogP) is 3.89. The van der Waals surface area contributed by atoms with Gasteiger partial charge in [-0.1, -0.05) is 6.07 Å². The topological polar surface area (TPSA) is 35.5 Å². The Bertz CT molecular complexity index is 728. The first-order chi connectivity index (χ1) is 10.1. The van der Waals surface area contributed by atoms with Crippen molar-refractivity contribution in [1.29, 1.82) is 0 Å². The minimum absolute atomic E-state index is 0.110. The van der Waals surface area contributed by atoms with Crippen LogP contribution in [0.2, 0.25) is 0 Å². The summed E-state index contributed by atoms with van der Waals surface area (Å²) in [5, 5.41) is 0. The smallest absolute Gasteiger partial charge is 0.340 e. The Morgan fingerprint density at radius 2 is 2.10 bits per heavy atom. The van der Waals surface area contributed by atoms with Gasteiger partial charge < -0.3 is 9.47 Å². The lowest BCUT2D eigenvalue weighted by Crippen LogP contribution is -2.10. The zero-order chi connectivity index (χ0) is 15.0. The first kappa shape index (κ1) is 13.9. The molecule has 5 heteroatoms. The van der Waals surface area contributed by atoms with Crippen LogP contribution in [-0.4, -0.2) is 19.3 Å². The van der Waals surface area contributed by atoms with E-state index in [0.717, 1.165) is 16.0 Å². The van der Waals surface area contributed by atoms with Crippen LogP contribution in [0, 0.1) is 5.82 Å². The number of rotatable bonds is 2. The van der Waals surface area contributed by atoms with E-state index in [4.69, 9.17) is 4.74 Å². The number of carbonyl (C=O) groups is 1. The van der Waals surface area contributed by atoms with Crippen molar-refractivity contribution in [2.75, 3.05) is 13.4 Å². The molecule has 0 amide bonds. The molecule has 3 nitrogen and oxygen atoms in total. The first-order valence-corrected chi connectivity index (χ1v) is 7.58. The Labute approximate surface area is 126 Å². The van der Waals surface area contributed by atoms with Gasteiger partial charge in [-0.05, 0) is 41.6 Å². The lowest BCUT2D eigenvalue weighted by atomic mass is 9.95. The van der Waals surface area contributed by atoms with Crippen molar-refractivity contribution in [3.63, 3.8) is 0 Å². The van der Waals surface area contributed by atoms with Crippen molar-refractivity contribution in [2.24, 2.45) is 0 Å². The van der Waals surface area contributed by atoms with Gasteiger partial charge in [0.05, 0.1) is 12.7 Å². The van der Waals surface area contributed by atoms with E-state index >= 15 is 0 Å². The van der Waals surface area contributed by atoms with Crippen LogP contribution in [0.5, 0.6) is 5.75 Å². The van der Waals surface area contributed by atoms with Gasteiger partial charge in [0.2, 0.25) is 0 Å². The molecule has 2 aromatic carbocycles. The molecule has 0 unspecified atom stereocenters. The van der Waals surface area contributed by atoms with Gasteiger partial charge in [0, 0.05) is 10.5 Å². The second-order valence-corrected chi connectivity index (χ2v) is 5.51. The zero-order valence-electron chi connectivity index (χ0n) is 11.6. The second kappa shape index (κ2) is 5.41.